The van der Waals surface area contributed by atoms with Crippen LogP contribution in [0.1, 0.15) is 33.5 Å². The van der Waals surface area contributed by atoms with E-state index in [9.17, 15) is 4.79 Å². The molecule has 4 heteroatoms. The summed E-state index contributed by atoms with van der Waals surface area (Å²) in [6.07, 6.45) is 4.55. The second kappa shape index (κ2) is 10.5. The summed E-state index contributed by atoms with van der Waals surface area (Å²) in [6, 6.07) is 24.6. The van der Waals surface area contributed by atoms with Crippen LogP contribution in [0.5, 0.6) is 5.75 Å². The van der Waals surface area contributed by atoms with E-state index in [-0.39, 0.29) is 5.78 Å². The van der Waals surface area contributed by atoms with Gasteiger partial charge in [-0.3, -0.25) is 4.79 Å². The molecule has 1 heterocycles. The van der Waals surface area contributed by atoms with Gasteiger partial charge in [-0.25, -0.2) is 0 Å². The van der Waals surface area contributed by atoms with Gasteiger partial charge in [0.1, 0.15) is 5.75 Å². The Morgan fingerprint density at radius 3 is 2.45 bits per heavy atom. The first-order valence-corrected chi connectivity index (χ1v) is 11.5. The highest BCUT2D eigenvalue weighted by Crippen LogP contribution is 2.21. The van der Waals surface area contributed by atoms with Crippen LogP contribution < -0.4 is 4.74 Å². The van der Waals surface area contributed by atoms with Crippen LogP contribution in [0.15, 0.2) is 79.0 Å². The summed E-state index contributed by atoms with van der Waals surface area (Å²) >= 11 is 0. The molecule has 3 aromatic carbocycles. The number of nitrogens with zero attached hydrogens (tertiary/aromatic N) is 2. The van der Waals surface area contributed by atoms with E-state index in [1.165, 1.54) is 22.0 Å². The smallest absolute Gasteiger partial charge is 0.167 e. The zero-order valence-corrected chi connectivity index (χ0v) is 19.8. The van der Waals surface area contributed by atoms with Crippen molar-refractivity contribution in [1.29, 1.82) is 0 Å². The Bertz CT molecular complexity index is 1220. The average molecular weight is 441 g/mol. The highest BCUT2D eigenvalue weighted by Gasteiger charge is 2.09. The van der Waals surface area contributed by atoms with Crippen LogP contribution in [0, 0.1) is 0 Å². The van der Waals surface area contributed by atoms with E-state index in [1.807, 2.05) is 36.4 Å². The summed E-state index contributed by atoms with van der Waals surface area (Å²) in [7, 11) is 5.87. The van der Waals surface area contributed by atoms with Crippen LogP contribution in [-0.4, -0.2) is 43.0 Å². The maximum absolute atomic E-state index is 12.7. The number of methoxy groups -OCH3 is 1. The molecule has 0 aliphatic heterocycles. The molecule has 0 aliphatic rings. The van der Waals surface area contributed by atoms with Gasteiger partial charge in [-0.2, -0.15) is 0 Å². The van der Waals surface area contributed by atoms with Crippen LogP contribution in [0.4, 0.5) is 0 Å². The van der Waals surface area contributed by atoms with Gasteiger partial charge in [0.25, 0.3) is 0 Å². The predicted molar refractivity (Wildman–Crippen MR) is 135 cm³/mol. The Labute approximate surface area is 196 Å². The fourth-order valence-corrected chi connectivity index (χ4v) is 4.23. The summed E-state index contributed by atoms with van der Waals surface area (Å²) in [5.74, 6) is 0.892. The fourth-order valence-electron chi connectivity index (χ4n) is 4.23. The molecule has 0 fully saturated rings. The predicted octanol–water partition coefficient (Wildman–Crippen LogP) is 5.62. The molecule has 0 bridgehead atoms. The second-order valence-electron chi connectivity index (χ2n) is 8.88. The number of aryl methyl sites for hydroxylation is 1. The van der Waals surface area contributed by atoms with E-state index < -0.39 is 0 Å². The summed E-state index contributed by atoms with van der Waals surface area (Å²) in [4.78, 5) is 14.9. The molecule has 0 amide bonds. The van der Waals surface area contributed by atoms with Crippen LogP contribution in [0.2, 0.25) is 0 Å². The highest BCUT2D eigenvalue weighted by molar-refractivity contribution is 5.97. The van der Waals surface area contributed by atoms with Crippen molar-refractivity contribution in [2.24, 2.45) is 0 Å². The molecule has 1 aromatic heterocycles. The minimum absolute atomic E-state index is 0.117. The Morgan fingerprint density at radius 2 is 1.70 bits per heavy atom. The van der Waals surface area contributed by atoms with E-state index >= 15 is 0 Å². The second-order valence-corrected chi connectivity index (χ2v) is 8.88. The Kier molecular flexibility index (Phi) is 7.26. The van der Waals surface area contributed by atoms with E-state index in [0.717, 1.165) is 42.8 Å². The van der Waals surface area contributed by atoms with Crippen LogP contribution in [0.25, 0.3) is 10.9 Å². The number of rotatable bonds is 10. The molecule has 0 unspecified atom stereocenters. The number of fused-ring (bicyclic) bond motifs is 1. The van der Waals surface area contributed by atoms with E-state index in [1.54, 1.807) is 7.11 Å². The molecule has 0 aliphatic carbocycles. The lowest BCUT2D eigenvalue weighted by atomic mass is 9.99. The molecule has 170 valence electrons. The number of hydrogen-bond donors (Lipinski definition) is 0. The van der Waals surface area contributed by atoms with Gasteiger partial charge in [0.2, 0.25) is 0 Å². The van der Waals surface area contributed by atoms with Crippen LogP contribution in [-0.2, 0) is 19.4 Å². The lowest BCUT2D eigenvalue weighted by molar-refractivity contribution is 0.0993. The third-order valence-corrected chi connectivity index (χ3v) is 6.02. The van der Waals surface area contributed by atoms with Crippen LogP contribution >= 0.6 is 0 Å². The molecule has 4 nitrogen and oxygen atoms in total. The summed E-state index contributed by atoms with van der Waals surface area (Å²) < 4.78 is 7.59. The zero-order chi connectivity index (χ0) is 23.2. The van der Waals surface area contributed by atoms with Crippen molar-refractivity contribution < 1.29 is 9.53 Å². The van der Waals surface area contributed by atoms with E-state index in [4.69, 9.17) is 4.74 Å². The van der Waals surface area contributed by atoms with Crippen molar-refractivity contribution >= 4 is 16.7 Å². The monoisotopic (exact) mass is 440 g/mol. The number of carbonyl (C=O) groups is 1. The maximum atomic E-state index is 12.7. The van der Waals surface area contributed by atoms with E-state index in [0.29, 0.717) is 6.42 Å². The fraction of sp³-hybridized carbons (Fsp3) is 0.276. The van der Waals surface area contributed by atoms with Gasteiger partial charge in [-0.05, 0) is 85.9 Å². The van der Waals surface area contributed by atoms with Crippen molar-refractivity contribution in [1.82, 2.24) is 9.47 Å². The largest absolute Gasteiger partial charge is 0.497 e. The number of hydrogen-bond acceptors (Lipinski definition) is 3. The third-order valence-electron chi connectivity index (χ3n) is 6.02. The molecule has 0 saturated heterocycles. The topological polar surface area (TPSA) is 34.5 Å². The van der Waals surface area contributed by atoms with Gasteiger partial charge in [-0.15, -0.1) is 0 Å². The quantitative estimate of drug-likeness (QED) is 0.300. The molecular formula is C29H32N2O2. The van der Waals surface area contributed by atoms with Gasteiger partial charge >= 0.3 is 0 Å². The molecule has 4 aromatic rings. The van der Waals surface area contributed by atoms with Gasteiger partial charge < -0.3 is 14.2 Å². The van der Waals surface area contributed by atoms with Gasteiger partial charge in [0.05, 0.1) is 7.11 Å². The summed E-state index contributed by atoms with van der Waals surface area (Å²) in [5, 5.41) is 1.28. The lowest BCUT2D eigenvalue weighted by Crippen LogP contribution is -2.14. The number of carbonyl (C=O) groups excluding carboxylic acids is 1. The number of ether oxygens (including phenoxy) is 1. The molecule has 0 spiro atoms. The molecule has 33 heavy (non-hydrogen) atoms. The molecule has 0 N–H and O–H groups in total. The third kappa shape index (κ3) is 5.91. The Morgan fingerprint density at radius 1 is 0.909 bits per heavy atom. The molecule has 0 radical (unpaired) electrons. The minimum atomic E-state index is 0.117. The van der Waals surface area contributed by atoms with E-state index in [2.05, 4.69) is 66.2 Å². The normalized spacial score (nSPS) is 11.3. The van der Waals surface area contributed by atoms with Gasteiger partial charge in [0.15, 0.2) is 5.78 Å². The SMILES string of the molecule is COc1cccc(CC(=O)c2ccc(Cc3ccc4c(ccn4CCCN(C)C)c3)cc2)c1. The first kappa shape index (κ1) is 22.8. The number of ketones is 1. The highest BCUT2D eigenvalue weighted by atomic mass is 16.5. The molecular weight excluding hydrogens is 408 g/mol. The zero-order valence-electron chi connectivity index (χ0n) is 19.8. The average Bonchev–Trinajstić information content (AvgIpc) is 3.21. The summed E-state index contributed by atoms with van der Waals surface area (Å²) in [6.45, 7) is 2.13. The van der Waals surface area contributed by atoms with Gasteiger partial charge in [0, 0.05) is 30.2 Å². The first-order valence-electron chi connectivity index (χ1n) is 11.5. The van der Waals surface area contributed by atoms with Crippen molar-refractivity contribution in [3.63, 3.8) is 0 Å². The van der Waals surface area contributed by atoms with Crippen molar-refractivity contribution in [3.05, 3.63) is 101 Å². The van der Waals surface area contributed by atoms with Crippen LogP contribution in [0.3, 0.4) is 0 Å². The number of aromatic nitrogens is 1. The van der Waals surface area contributed by atoms with Crippen molar-refractivity contribution in [2.75, 3.05) is 27.7 Å². The Hall–Kier alpha value is -3.37. The minimum Gasteiger partial charge on any atom is -0.497 e. The van der Waals surface area contributed by atoms with Gasteiger partial charge in [-0.1, -0.05) is 42.5 Å². The molecule has 4 rings (SSSR count). The maximum Gasteiger partial charge on any atom is 0.167 e. The standard InChI is InChI=1S/C29H32N2O2/c1-30(2)15-5-16-31-17-14-26-19-24(10-13-28(26)31)18-22-8-11-25(12-9-22)29(32)21-23-6-4-7-27(20-23)33-3/h4,6-14,17,19-20H,5,15-16,18,21H2,1-3H3. The summed E-state index contributed by atoms with van der Waals surface area (Å²) in [5.41, 5.74) is 5.48. The number of Topliss-reactive ketones (excluding diaryl/α,β-unsaturated/α-hetero) is 1. The molecule has 0 saturated carbocycles. The van der Waals surface area contributed by atoms with Crippen molar-refractivity contribution in [3.8, 4) is 5.75 Å². The molecule has 0 atom stereocenters. The Balaban J connectivity index is 1.39. The lowest BCUT2D eigenvalue weighted by Gasteiger charge is -2.11. The number of benzene rings is 3. The van der Waals surface area contributed by atoms with Crippen molar-refractivity contribution in [2.45, 2.75) is 25.8 Å². The first-order chi connectivity index (χ1) is 16.0.